The second-order valence-electron chi connectivity index (χ2n) is 6.43. The van der Waals surface area contributed by atoms with E-state index in [0.717, 1.165) is 24.0 Å². The van der Waals surface area contributed by atoms with Crippen LogP contribution in [-0.2, 0) is 6.54 Å². The predicted octanol–water partition coefficient (Wildman–Crippen LogP) is 4.25. The van der Waals surface area contributed by atoms with Crippen LogP contribution in [0.3, 0.4) is 0 Å². The molecule has 2 atom stereocenters. The lowest BCUT2D eigenvalue weighted by atomic mass is 9.95. The Morgan fingerprint density at radius 3 is 2.90 bits per heavy atom. The number of benzene rings is 1. The fourth-order valence-electron chi connectivity index (χ4n) is 3.59. The highest BCUT2D eigenvalue weighted by atomic mass is 16.7. The normalized spacial score (nSPS) is 24.8. The van der Waals surface area contributed by atoms with Crippen molar-refractivity contribution in [1.29, 1.82) is 0 Å². The number of fused-ring (bicyclic) bond motifs is 1. The van der Waals surface area contributed by atoms with Gasteiger partial charge >= 0.3 is 0 Å². The Labute approximate surface area is 128 Å². The average Bonchev–Trinajstić information content (AvgIpc) is 2.85. The molecule has 1 fully saturated rings. The van der Waals surface area contributed by atoms with Crippen molar-refractivity contribution in [1.82, 2.24) is 5.32 Å². The van der Waals surface area contributed by atoms with Crippen LogP contribution < -0.4 is 14.8 Å². The first-order valence-electron chi connectivity index (χ1n) is 8.47. The van der Waals surface area contributed by atoms with Crippen molar-refractivity contribution in [3.8, 4) is 11.5 Å². The van der Waals surface area contributed by atoms with Gasteiger partial charge in [-0.05, 0) is 42.9 Å². The summed E-state index contributed by atoms with van der Waals surface area (Å²) in [6, 6.07) is 6.93. The molecule has 116 valence electrons. The molecule has 0 spiro atoms. The standard InChI is InChI=1S/C18H27NO2/c1-2-4-14-5-3-6-16(9-7-14)19-12-15-8-10-17-18(11-15)21-13-20-17/h8,10-11,14,16,19H,2-7,9,12-13H2,1H3. The Morgan fingerprint density at radius 1 is 1.10 bits per heavy atom. The molecule has 1 heterocycles. The first-order valence-corrected chi connectivity index (χ1v) is 8.47. The molecule has 2 aliphatic rings. The van der Waals surface area contributed by atoms with Crippen molar-refractivity contribution in [3.05, 3.63) is 23.8 Å². The molecule has 1 saturated carbocycles. The van der Waals surface area contributed by atoms with Crippen LogP contribution in [-0.4, -0.2) is 12.8 Å². The summed E-state index contributed by atoms with van der Waals surface area (Å²) in [5.41, 5.74) is 1.29. The molecule has 3 rings (SSSR count). The highest BCUT2D eigenvalue weighted by Crippen LogP contribution is 2.32. The van der Waals surface area contributed by atoms with Crippen LogP contribution in [0.15, 0.2) is 18.2 Å². The fraction of sp³-hybridized carbons (Fsp3) is 0.667. The van der Waals surface area contributed by atoms with Crippen LogP contribution in [0.1, 0.15) is 57.4 Å². The van der Waals surface area contributed by atoms with Gasteiger partial charge < -0.3 is 14.8 Å². The maximum Gasteiger partial charge on any atom is 0.231 e. The van der Waals surface area contributed by atoms with Gasteiger partial charge in [-0.15, -0.1) is 0 Å². The molecule has 0 saturated heterocycles. The molecule has 0 amide bonds. The van der Waals surface area contributed by atoms with E-state index < -0.39 is 0 Å². The van der Waals surface area contributed by atoms with Crippen molar-refractivity contribution in [2.24, 2.45) is 5.92 Å². The Hall–Kier alpha value is -1.22. The van der Waals surface area contributed by atoms with Crippen molar-refractivity contribution in [3.63, 3.8) is 0 Å². The summed E-state index contributed by atoms with van der Waals surface area (Å²) in [7, 11) is 0. The molecular weight excluding hydrogens is 262 g/mol. The van der Waals surface area contributed by atoms with Gasteiger partial charge in [-0.25, -0.2) is 0 Å². The van der Waals surface area contributed by atoms with Crippen molar-refractivity contribution in [2.75, 3.05) is 6.79 Å². The molecule has 0 radical (unpaired) electrons. The van der Waals surface area contributed by atoms with Crippen LogP contribution in [0, 0.1) is 5.92 Å². The SMILES string of the molecule is CCCC1CCCC(NCc2ccc3c(c2)OCO3)CC1. The third kappa shape index (κ3) is 3.91. The number of rotatable bonds is 5. The van der Waals surface area contributed by atoms with Crippen molar-refractivity contribution < 1.29 is 9.47 Å². The molecule has 1 aromatic carbocycles. The zero-order valence-corrected chi connectivity index (χ0v) is 13.1. The highest BCUT2D eigenvalue weighted by molar-refractivity contribution is 5.44. The van der Waals surface area contributed by atoms with Gasteiger partial charge in [-0.3, -0.25) is 0 Å². The van der Waals surface area contributed by atoms with Gasteiger partial charge in [0.15, 0.2) is 11.5 Å². The van der Waals surface area contributed by atoms with E-state index in [-0.39, 0.29) is 0 Å². The summed E-state index contributed by atoms with van der Waals surface area (Å²) in [5.74, 6) is 2.72. The van der Waals surface area contributed by atoms with E-state index in [9.17, 15) is 0 Å². The number of nitrogens with one attached hydrogen (secondary N) is 1. The van der Waals surface area contributed by atoms with E-state index in [1.165, 1.54) is 50.5 Å². The van der Waals surface area contributed by atoms with Crippen LogP contribution in [0.2, 0.25) is 0 Å². The molecule has 2 unspecified atom stereocenters. The Balaban J connectivity index is 1.48. The lowest BCUT2D eigenvalue weighted by Crippen LogP contribution is -2.27. The largest absolute Gasteiger partial charge is 0.454 e. The van der Waals surface area contributed by atoms with E-state index in [0.29, 0.717) is 12.8 Å². The fourth-order valence-corrected chi connectivity index (χ4v) is 3.59. The van der Waals surface area contributed by atoms with Gasteiger partial charge in [-0.2, -0.15) is 0 Å². The van der Waals surface area contributed by atoms with E-state index in [1.54, 1.807) is 0 Å². The molecular formula is C18H27NO2. The third-order valence-corrected chi connectivity index (χ3v) is 4.82. The van der Waals surface area contributed by atoms with Gasteiger partial charge in [0.25, 0.3) is 0 Å². The minimum absolute atomic E-state index is 0.355. The van der Waals surface area contributed by atoms with Gasteiger partial charge in [-0.1, -0.05) is 38.7 Å². The summed E-state index contributed by atoms with van der Waals surface area (Å²) < 4.78 is 10.8. The minimum atomic E-state index is 0.355. The van der Waals surface area contributed by atoms with Crippen molar-refractivity contribution in [2.45, 2.75) is 64.5 Å². The van der Waals surface area contributed by atoms with Crippen LogP contribution in [0.25, 0.3) is 0 Å². The number of hydrogen-bond donors (Lipinski definition) is 1. The van der Waals surface area contributed by atoms with Crippen LogP contribution in [0.4, 0.5) is 0 Å². The Kier molecular flexibility index (Phi) is 5.02. The van der Waals surface area contributed by atoms with Crippen molar-refractivity contribution >= 4 is 0 Å². The maximum atomic E-state index is 5.44. The van der Waals surface area contributed by atoms with E-state index in [1.807, 2.05) is 6.07 Å². The zero-order valence-electron chi connectivity index (χ0n) is 13.1. The molecule has 1 aliphatic carbocycles. The van der Waals surface area contributed by atoms with E-state index in [4.69, 9.17) is 9.47 Å². The molecule has 21 heavy (non-hydrogen) atoms. The molecule has 3 nitrogen and oxygen atoms in total. The van der Waals surface area contributed by atoms with Gasteiger partial charge in [0, 0.05) is 12.6 Å². The minimum Gasteiger partial charge on any atom is -0.454 e. The second-order valence-corrected chi connectivity index (χ2v) is 6.43. The summed E-state index contributed by atoms with van der Waals surface area (Å²) in [6.07, 6.45) is 9.60. The van der Waals surface area contributed by atoms with E-state index >= 15 is 0 Å². The number of ether oxygens (including phenoxy) is 2. The Bertz CT molecular complexity index is 461. The van der Waals surface area contributed by atoms with Gasteiger partial charge in [0.2, 0.25) is 6.79 Å². The van der Waals surface area contributed by atoms with Crippen LogP contribution in [0.5, 0.6) is 11.5 Å². The number of hydrogen-bond acceptors (Lipinski definition) is 3. The zero-order chi connectivity index (χ0) is 14.5. The summed E-state index contributed by atoms with van der Waals surface area (Å²) in [4.78, 5) is 0. The Morgan fingerprint density at radius 2 is 2.00 bits per heavy atom. The third-order valence-electron chi connectivity index (χ3n) is 4.82. The second kappa shape index (κ2) is 7.17. The first-order chi connectivity index (χ1) is 10.3. The topological polar surface area (TPSA) is 30.5 Å². The van der Waals surface area contributed by atoms with Gasteiger partial charge in [0.1, 0.15) is 0 Å². The van der Waals surface area contributed by atoms with Crippen LogP contribution >= 0.6 is 0 Å². The summed E-state index contributed by atoms with van der Waals surface area (Å²) in [5, 5.41) is 3.74. The maximum absolute atomic E-state index is 5.44. The lowest BCUT2D eigenvalue weighted by molar-refractivity contribution is 0.174. The molecule has 3 heteroatoms. The molecule has 1 N–H and O–H groups in total. The average molecular weight is 289 g/mol. The smallest absolute Gasteiger partial charge is 0.231 e. The monoisotopic (exact) mass is 289 g/mol. The quantitative estimate of drug-likeness (QED) is 0.822. The summed E-state index contributed by atoms with van der Waals surface area (Å²) in [6.45, 7) is 3.59. The molecule has 0 bridgehead atoms. The predicted molar refractivity (Wildman–Crippen MR) is 84.7 cm³/mol. The molecule has 1 aliphatic heterocycles. The van der Waals surface area contributed by atoms with E-state index in [2.05, 4.69) is 24.4 Å². The lowest BCUT2D eigenvalue weighted by Gasteiger charge is -2.17. The highest BCUT2D eigenvalue weighted by Gasteiger charge is 2.18. The summed E-state index contributed by atoms with van der Waals surface area (Å²) >= 11 is 0. The molecule has 0 aromatic heterocycles. The molecule has 1 aromatic rings. The van der Waals surface area contributed by atoms with Gasteiger partial charge in [0.05, 0.1) is 0 Å². The first kappa shape index (κ1) is 14.7.